The minimum Gasteiger partial charge on any atom is -0.492 e. The number of hydrogen-bond donors (Lipinski definition) is 2. The van der Waals surface area contributed by atoms with E-state index >= 15 is 8.78 Å². The summed E-state index contributed by atoms with van der Waals surface area (Å²) in [7, 11) is 1.46. The number of halogens is 5. The number of benzene rings is 2. The summed E-state index contributed by atoms with van der Waals surface area (Å²) in [6, 6.07) is 7.37. The predicted molar refractivity (Wildman–Crippen MR) is 129 cm³/mol. The van der Waals surface area contributed by atoms with E-state index in [9.17, 15) is 18.3 Å². The van der Waals surface area contributed by atoms with E-state index in [2.05, 4.69) is 22.2 Å². The minimum atomic E-state index is -4.27. The van der Waals surface area contributed by atoms with Crippen LogP contribution in [0.3, 0.4) is 0 Å². The van der Waals surface area contributed by atoms with Gasteiger partial charge in [0.1, 0.15) is 47.9 Å². The lowest BCUT2D eigenvalue weighted by Crippen LogP contribution is -2.58. The number of aliphatic hydroxyl groups is 1. The molecule has 200 valence electrons. The zero-order chi connectivity index (χ0) is 28.1. The summed E-state index contributed by atoms with van der Waals surface area (Å²) in [5.41, 5.74) is -2.42. The Bertz CT molecular complexity index is 1340. The Balaban J connectivity index is 1.91. The zero-order valence-electron chi connectivity index (χ0n) is 20.3. The zero-order valence-corrected chi connectivity index (χ0v) is 20.3. The van der Waals surface area contributed by atoms with Gasteiger partial charge in [0, 0.05) is 18.7 Å². The lowest BCUT2D eigenvalue weighted by molar-refractivity contribution is -0.156. The topological polar surface area (TPSA) is 96.5 Å². The Labute approximate surface area is 215 Å². The summed E-state index contributed by atoms with van der Waals surface area (Å²) in [5.74, 6) is -7.39. The highest BCUT2D eigenvalue weighted by molar-refractivity contribution is 6.01. The third-order valence-electron chi connectivity index (χ3n) is 5.45. The fourth-order valence-corrected chi connectivity index (χ4v) is 3.49. The van der Waals surface area contributed by atoms with Crippen molar-refractivity contribution in [2.24, 2.45) is 10.1 Å². The molecule has 2 aromatic carbocycles. The second-order valence-corrected chi connectivity index (χ2v) is 8.21. The number of nitrogens with zero attached hydrogens (tertiary/aromatic N) is 5. The molecule has 1 unspecified atom stereocenters. The summed E-state index contributed by atoms with van der Waals surface area (Å²) in [6.45, 7) is 3.65. The summed E-state index contributed by atoms with van der Waals surface area (Å²) < 4.78 is 79.2. The minimum absolute atomic E-state index is 0.0383. The van der Waals surface area contributed by atoms with Gasteiger partial charge in [0.05, 0.1) is 18.3 Å². The smallest absolute Gasteiger partial charge is 0.323 e. The Morgan fingerprint density at radius 3 is 2.55 bits per heavy atom. The summed E-state index contributed by atoms with van der Waals surface area (Å²) >= 11 is 0. The number of hydrogen-bond acceptors (Lipinski definition) is 8. The SMILES string of the molecule is C=C/C(=N\C=C(/C)OCc1ccc(C#N)c(F)c1)C(F)(F)C(O)(CN1C=NN(C)N1)c1ccc(F)cc1F. The maximum atomic E-state index is 15.9. The van der Waals surface area contributed by atoms with E-state index in [1.165, 1.54) is 26.1 Å². The average molecular weight is 534 g/mol. The second kappa shape index (κ2) is 11.4. The first-order valence-electron chi connectivity index (χ1n) is 11.0. The molecule has 0 spiro atoms. The average Bonchev–Trinajstić information content (AvgIpc) is 3.26. The van der Waals surface area contributed by atoms with Crippen LogP contribution in [-0.2, 0) is 16.9 Å². The van der Waals surface area contributed by atoms with Gasteiger partial charge >= 0.3 is 5.92 Å². The molecule has 13 heteroatoms. The van der Waals surface area contributed by atoms with Crippen LogP contribution in [0.25, 0.3) is 0 Å². The number of nitriles is 1. The molecule has 1 aliphatic rings. The van der Waals surface area contributed by atoms with E-state index in [0.717, 1.165) is 40.9 Å². The van der Waals surface area contributed by atoms with Crippen LogP contribution in [0.5, 0.6) is 0 Å². The van der Waals surface area contributed by atoms with Gasteiger partial charge < -0.3 is 9.84 Å². The molecule has 8 nitrogen and oxygen atoms in total. The number of allylic oxidation sites excluding steroid dienone is 2. The third-order valence-corrected chi connectivity index (χ3v) is 5.45. The number of hydrazone groups is 1. The second-order valence-electron chi connectivity index (χ2n) is 8.21. The van der Waals surface area contributed by atoms with Crippen LogP contribution in [0.4, 0.5) is 22.0 Å². The molecular weight excluding hydrogens is 511 g/mol. The summed E-state index contributed by atoms with van der Waals surface area (Å²) in [4.78, 5) is 3.70. The molecule has 0 amide bonds. The van der Waals surface area contributed by atoms with Crippen LogP contribution in [0.1, 0.15) is 23.6 Å². The quantitative estimate of drug-likeness (QED) is 0.271. The molecule has 38 heavy (non-hydrogen) atoms. The number of rotatable bonds is 10. The lowest BCUT2D eigenvalue weighted by Gasteiger charge is -2.38. The molecule has 1 aliphatic heterocycles. The van der Waals surface area contributed by atoms with Gasteiger partial charge in [-0.25, -0.2) is 18.3 Å². The molecule has 0 aliphatic carbocycles. The van der Waals surface area contributed by atoms with Gasteiger partial charge in [0.15, 0.2) is 5.60 Å². The molecule has 2 aromatic rings. The first-order chi connectivity index (χ1) is 17.9. The molecule has 0 radical (unpaired) electrons. The molecule has 3 rings (SSSR count). The Kier molecular flexibility index (Phi) is 8.49. The van der Waals surface area contributed by atoms with Gasteiger partial charge in [-0.05, 0) is 42.8 Å². The van der Waals surface area contributed by atoms with Crippen LogP contribution in [0, 0.1) is 28.8 Å². The summed E-state index contributed by atoms with van der Waals surface area (Å²) in [6.07, 6.45) is 2.70. The molecule has 0 fully saturated rings. The van der Waals surface area contributed by atoms with Gasteiger partial charge in [-0.3, -0.25) is 10.0 Å². The van der Waals surface area contributed by atoms with E-state index in [4.69, 9.17) is 10.00 Å². The van der Waals surface area contributed by atoms with Crippen molar-refractivity contribution in [1.82, 2.24) is 15.7 Å². The summed E-state index contributed by atoms with van der Waals surface area (Å²) in [5, 5.41) is 26.0. The molecule has 1 heterocycles. The van der Waals surface area contributed by atoms with Gasteiger partial charge in [-0.1, -0.05) is 12.6 Å². The maximum Gasteiger partial charge on any atom is 0.323 e. The van der Waals surface area contributed by atoms with Gasteiger partial charge in [-0.15, -0.1) is 10.6 Å². The first-order valence-corrected chi connectivity index (χ1v) is 11.0. The first kappa shape index (κ1) is 28.3. The Morgan fingerprint density at radius 1 is 1.24 bits per heavy atom. The van der Waals surface area contributed by atoms with Crippen LogP contribution in [-0.4, -0.2) is 46.8 Å². The van der Waals surface area contributed by atoms with Crippen molar-refractivity contribution < 1.29 is 31.8 Å². The number of aliphatic imine (C=N–C) groups is 1. The van der Waals surface area contributed by atoms with Gasteiger partial charge in [0.2, 0.25) is 0 Å². The number of alkyl halides is 2. The molecule has 0 bridgehead atoms. The van der Waals surface area contributed by atoms with Crippen molar-refractivity contribution in [2.75, 3.05) is 13.6 Å². The number of β-amino-alcohol motifs (C(OH)–C–C–N with tert-alkyl or cyclic N) is 1. The third kappa shape index (κ3) is 5.99. The van der Waals surface area contributed by atoms with Crippen LogP contribution in [0.15, 0.2) is 71.1 Å². The molecular formula is C25H23F5N6O2. The van der Waals surface area contributed by atoms with Crippen molar-refractivity contribution in [3.05, 3.63) is 95.2 Å². The van der Waals surface area contributed by atoms with Crippen LogP contribution >= 0.6 is 0 Å². The largest absolute Gasteiger partial charge is 0.492 e. The highest BCUT2D eigenvalue weighted by Gasteiger charge is 2.58. The van der Waals surface area contributed by atoms with E-state index in [-0.39, 0.29) is 17.9 Å². The highest BCUT2D eigenvalue weighted by Crippen LogP contribution is 2.41. The predicted octanol–water partition coefficient (Wildman–Crippen LogP) is 4.11. The Morgan fingerprint density at radius 2 is 1.97 bits per heavy atom. The number of nitrogens with one attached hydrogen (secondary N) is 1. The Hall–Kier alpha value is -4.28. The van der Waals surface area contributed by atoms with E-state index < -0.39 is 46.8 Å². The molecule has 0 aromatic heterocycles. The lowest BCUT2D eigenvalue weighted by atomic mass is 9.83. The van der Waals surface area contributed by atoms with E-state index in [1.54, 1.807) is 6.07 Å². The van der Waals surface area contributed by atoms with E-state index in [0.29, 0.717) is 17.7 Å². The van der Waals surface area contributed by atoms with Gasteiger partial charge in [0.25, 0.3) is 0 Å². The van der Waals surface area contributed by atoms with Crippen molar-refractivity contribution in [3.8, 4) is 6.07 Å². The van der Waals surface area contributed by atoms with Gasteiger partial charge in [-0.2, -0.15) is 14.0 Å². The molecule has 1 atom stereocenters. The standard InChI is InChI=1S/C25H23F5N6O2/c1-4-23(32-12-16(2)38-13-17-5-6-18(11-31)21(27)9-17)25(29,30)24(37,14-36-15-33-35(3)34-36)20-8-7-19(26)10-22(20)28/h4-10,12,15,34,37H,1,13-14H2,2-3H3/b16-12+,32-23+. The molecule has 0 saturated carbocycles. The van der Waals surface area contributed by atoms with Crippen LogP contribution < -0.4 is 5.53 Å². The van der Waals surface area contributed by atoms with Crippen molar-refractivity contribution in [1.29, 1.82) is 5.26 Å². The normalized spacial score (nSPS) is 15.9. The number of ether oxygens (including phenoxy) is 1. The number of hydrazine groups is 2. The van der Waals surface area contributed by atoms with Crippen molar-refractivity contribution >= 4 is 12.1 Å². The monoisotopic (exact) mass is 534 g/mol. The van der Waals surface area contributed by atoms with Crippen LogP contribution in [0.2, 0.25) is 0 Å². The highest BCUT2D eigenvalue weighted by atomic mass is 19.3. The van der Waals surface area contributed by atoms with E-state index in [1.807, 2.05) is 0 Å². The maximum absolute atomic E-state index is 15.9. The van der Waals surface area contributed by atoms with Crippen molar-refractivity contribution in [3.63, 3.8) is 0 Å². The fourth-order valence-electron chi connectivity index (χ4n) is 3.49. The molecule has 2 N–H and O–H groups in total. The fraction of sp³-hybridized carbons (Fsp3) is 0.240. The van der Waals surface area contributed by atoms with Crippen molar-refractivity contribution in [2.45, 2.75) is 25.1 Å². The molecule has 0 saturated heterocycles.